The molecule has 0 aliphatic carbocycles. The maximum atomic E-state index is 11.9. The highest BCUT2D eigenvalue weighted by atomic mass is 35.5. The molecular formula is C12H16ClNO4S. The third-order valence-corrected chi connectivity index (χ3v) is 3.78. The summed E-state index contributed by atoms with van der Waals surface area (Å²) in [5.74, 6) is -0.477. The lowest BCUT2D eigenvalue weighted by Crippen LogP contribution is -2.20. The van der Waals surface area contributed by atoms with Gasteiger partial charge in [0.2, 0.25) is 10.0 Å². The summed E-state index contributed by atoms with van der Waals surface area (Å²) in [6, 6.07) is 3.67. The van der Waals surface area contributed by atoms with Crippen LogP contribution in [0.2, 0.25) is 5.02 Å². The number of hydrogen-bond donors (Lipinski definition) is 1. The van der Waals surface area contributed by atoms with Gasteiger partial charge in [-0.1, -0.05) is 25.4 Å². The first kappa shape index (κ1) is 15.9. The summed E-state index contributed by atoms with van der Waals surface area (Å²) in [6.45, 7) is 5.57. The van der Waals surface area contributed by atoms with E-state index in [1.807, 2.05) is 13.8 Å². The van der Waals surface area contributed by atoms with Crippen LogP contribution in [0, 0.1) is 5.92 Å². The van der Waals surface area contributed by atoms with E-state index < -0.39 is 16.0 Å². The number of carbonyl (C=O) groups is 1. The Morgan fingerprint density at radius 3 is 2.32 bits per heavy atom. The van der Waals surface area contributed by atoms with Crippen LogP contribution in [-0.4, -0.2) is 20.5 Å². The lowest BCUT2D eigenvalue weighted by Gasteiger charge is -2.16. The van der Waals surface area contributed by atoms with Gasteiger partial charge in [0.25, 0.3) is 0 Å². The largest absolute Gasteiger partial charge is 0.459 e. The van der Waals surface area contributed by atoms with Crippen molar-refractivity contribution >= 4 is 27.6 Å². The minimum absolute atomic E-state index is 0.0593. The van der Waals surface area contributed by atoms with E-state index in [1.165, 1.54) is 12.1 Å². The molecule has 19 heavy (non-hydrogen) atoms. The smallest absolute Gasteiger partial charge is 0.338 e. The third kappa shape index (κ3) is 4.49. The molecule has 1 atom stereocenters. The number of halogens is 1. The average Bonchev–Trinajstić information content (AvgIpc) is 2.26. The summed E-state index contributed by atoms with van der Waals surface area (Å²) < 4.78 is 27.7. The molecule has 1 aromatic carbocycles. The Hall–Kier alpha value is -1.11. The van der Waals surface area contributed by atoms with Gasteiger partial charge in [0.15, 0.2) is 0 Å². The van der Waals surface area contributed by atoms with Crippen molar-refractivity contribution in [2.24, 2.45) is 11.1 Å². The summed E-state index contributed by atoms with van der Waals surface area (Å²) in [6.07, 6.45) is -0.288. The number of primary sulfonamides is 1. The summed E-state index contributed by atoms with van der Waals surface area (Å²) in [4.78, 5) is 11.7. The van der Waals surface area contributed by atoms with Crippen LogP contribution >= 0.6 is 11.6 Å². The molecule has 7 heteroatoms. The molecule has 1 aromatic rings. The molecule has 1 unspecified atom stereocenters. The normalized spacial score (nSPS) is 13.4. The van der Waals surface area contributed by atoms with Gasteiger partial charge in [-0.3, -0.25) is 0 Å². The van der Waals surface area contributed by atoms with Gasteiger partial charge in [-0.2, -0.15) is 0 Å². The van der Waals surface area contributed by atoms with E-state index in [-0.39, 0.29) is 27.5 Å². The maximum absolute atomic E-state index is 11.9. The fourth-order valence-electron chi connectivity index (χ4n) is 1.22. The van der Waals surface area contributed by atoms with Crippen LogP contribution in [0.3, 0.4) is 0 Å². The van der Waals surface area contributed by atoms with Crippen LogP contribution < -0.4 is 5.14 Å². The first-order valence-corrected chi connectivity index (χ1v) is 7.58. The van der Waals surface area contributed by atoms with E-state index in [4.69, 9.17) is 21.5 Å². The summed E-state index contributed by atoms with van der Waals surface area (Å²) in [7, 11) is -3.92. The van der Waals surface area contributed by atoms with Gasteiger partial charge in [0, 0.05) is 5.02 Å². The molecule has 0 aromatic heterocycles. The molecule has 0 spiro atoms. The molecule has 2 N–H and O–H groups in total. The fourth-order valence-corrected chi connectivity index (χ4v) is 2.10. The Bertz CT molecular complexity index is 583. The highest BCUT2D eigenvalue weighted by molar-refractivity contribution is 7.89. The average molecular weight is 306 g/mol. The Labute approximate surface area is 117 Å². The molecule has 0 saturated carbocycles. The Kier molecular flexibility index (Phi) is 4.95. The fraction of sp³-hybridized carbons (Fsp3) is 0.417. The van der Waals surface area contributed by atoms with Gasteiger partial charge in [0.1, 0.15) is 6.10 Å². The molecule has 5 nitrogen and oxygen atoms in total. The van der Waals surface area contributed by atoms with E-state index in [0.717, 1.165) is 6.07 Å². The second-order valence-corrected chi connectivity index (χ2v) is 6.57. The second-order valence-electron chi connectivity index (χ2n) is 4.58. The number of esters is 1. The zero-order valence-corrected chi connectivity index (χ0v) is 12.5. The van der Waals surface area contributed by atoms with Gasteiger partial charge in [-0.15, -0.1) is 0 Å². The molecule has 106 valence electrons. The highest BCUT2D eigenvalue weighted by Crippen LogP contribution is 2.20. The number of rotatable bonds is 4. The SMILES string of the molecule is CC(C)C(C)OC(=O)c1cc(Cl)cc(S(N)(=O)=O)c1. The van der Waals surface area contributed by atoms with E-state index in [1.54, 1.807) is 6.92 Å². The van der Waals surface area contributed by atoms with Crippen molar-refractivity contribution in [3.63, 3.8) is 0 Å². The lowest BCUT2D eigenvalue weighted by atomic mass is 10.1. The van der Waals surface area contributed by atoms with Crippen LogP contribution in [0.1, 0.15) is 31.1 Å². The molecular weight excluding hydrogens is 290 g/mol. The standard InChI is InChI=1S/C12H16ClNO4S/c1-7(2)8(3)18-12(15)9-4-10(13)6-11(5-9)19(14,16)17/h4-8H,1-3H3,(H2,14,16,17). The van der Waals surface area contributed by atoms with Gasteiger partial charge < -0.3 is 4.74 Å². The van der Waals surface area contributed by atoms with Gasteiger partial charge in [-0.05, 0) is 31.0 Å². The van der Waals surface area contributed by atoms with E-state index in [2.05, 4.69) is 0 Å². The zero-order chi connectivity index (χ0) is 14.8. The highest BCUT2D eigenvalue weighted by Gasteiger charge is 2.18. The monoisotopic (exact) mass is 305 g/mol. The Balaban J connectivity index is 3.08. The van der Waals surface area contributed by atoms with Crippen molar-refractivity contribution in [3.8, 4) is 0 Å². The van der Waals surface area contributed by atoms with Crippen molar-refractivity contribution in [2.75, 3.05) is 0 Å². The molecule has 0 aliphatic rings. The van der Waals surface area contributed by atoms with Crippen molar-refractivity contribution in [1.29, 1.82) is 0 Å². The molecule has 0 aliphatic heterocycles. The van der Waals surface area contributed by atoms with Gasteiger partial charge in [0.05, 0.1) is 10.5 Å². The quantitative estimate of drug-likeness (QED) is 0.864. The minimum atomic E-state index is -3.92. The van der Waals surface area contributed by atoms with Crippen molar-refractivity contribution in [1.82, 2.24) is 0 Å². The molecule has 0 radical (unpaired) electrons. The number of carbonyl (C=O) groups excluding carboxylic acids is 1. The van der Waals surface area contributed by atoms with Gasteiger partial charge in [-0.25, -0.2) is 18.4 Å². The molecule has 1 rings (SSSR count). The summed E-state index contributed by atoms with van der Waals surface area (Å²) >= 11 is 5.77. The number of ether oxygens (including phenoxy) is 1. The summed E-state index contributed by atoms with van der Waals surface area (Å²) in [5, 5.41) is 5.11. The molecule has 0 bridgehead atoms. The van der Waals surface area contributed by atoms with Crippen LogP contribution in [0.15, 0.2) is 23.1 Å². The van der Waals surface area contributed by atoms with Crippen molar-refractivity contribution in [2.45, 2.75) is 31.8 Å². The van der Waals surface area contributed by atoms with Crippen LogP contribution in [0.25, 0.3) is 0 Å². The van der Waals surface area contributed by atoms with Crippen LogP contribution in [0.4, 0.5) is 0 Å². The Morgan fingerprint density at radius 2 is 1.84 bits per heavy atom. The second kappa shape index (κ2) is 5.90. The topological polar surface area (TPSA) is 86.5 Å². The van der Waals surface area contributed by atoms with Crippen LogP contribution in [-0.2, 0) is 14.8 Å². The van der Waals surface area contributed by atoms with Crippen molar-refractivity contribution in [3.05, 3.63) is 28.8 Å². The number of nitrogens with two attached hydrogens (primary N) is 1. The molecule has 0 amide bonds. The molecule has 0 heterocycles. The number of sulfonamides is 1. The van der Waals surface area contributed by atoms with E-state index in [0.29, 0.717) is 0 Å². The minimum Gasteiger partial charge on any atom is -0.459 e. The van der Waals surface area contributed by atoms with Crippen molar-refractivity contribution < 1.29 is 17.9 Å². The first-order chi connectivity index (χ1) is 8.61. The zero-order valence-electron chi connectivity index (χ0n) is 10.9. The summed E-state index contributed by atoms with van der Waals surface area (Å²) in [5.41, 5.74) is 0.0593. The Morgan fingerprint density at radius 1 is 1.26 bits per heavy atom. The number of benzene rings is 1. The lowest BCUT2D eigenvalue weighted by molar-refractivity contribution is 0.0238. The van der Waals surface area contributed by atoms with Crippen LogP contribution in [0.5, 0.6) is 0 Å². The molecule has 0 fully saturated rings. The maximum Gasteiger partial charge on any atom is 0.338 e. The predicted octanol–water partition coefficient (Wildman–Crippen LogP) is 2.19. The third-order valence-electron chi connectivity index (χ3n) is 2.67. The molecule has 0 saturated heterocycles. The van der Waals surface area contributed by atoms with E-state index in [9.17, 15) is 13.2 Å². The first-order valence-electron chi connectivity index (χ1n) is 5.65. The predicted molar refractivity (Wildman–Crippen MR) is 72.5 cm³/mol. The van der Waals surface area contributed by atoms with E-state index >= 15 is 0 Å². The number of hydrogen-bond acceptors (Lipinski definition) is 4. The van der Waals surface area contributed by atoms with Gasteiger partial charge >= 0.3 is 5.97 Å².